The number of likely N-dealkylation sites (N-methyl/N-ethyl adjacent to an activating group) is 1. The quantitative estimate of drug-likeness (QED) is 0.843. The molecule has 0 spiro atoms. The fourth-order valence-corrected chi connectivity index (χ4v) is 2.18. The van der Waals surface area contributed by atoms with Crippen molar-refractivity contribution in [3.63, 3.8) is 0 Å². The zero-order chi connectivity index (χ0) is 12.3. The third-order valence-corrected chi connectivity index (χ3v) is 3.27. The van der Waals surface area contributed by atoms with Gasteiger partial charge in [0.2, 0.25) is 0 Å². The van der Waals surface area contributed by atoms with Crippen LogP contribution in [0.2, 0.25) is 0 Å². The SMILES string of the molecule is CN1CCN(Cc2ccccc2)CC1C(=O)O. The van der Waals surface area contributed by atoms with Crippen molar-refractivity contribution in [3.8, 4) is 0 Å². The zero-order valence-electron chi connectivity index (χ0n) is 10.0. The summed E-state index contributed by atoms with van der Waals surface area (Å²) in [4.78, 5) is 15.2. The molecule has 0 bridgehead atoms. The Balaban J connectivity index is 1.97. The van der Waals surface area contributed by atoms with Gasteiger partial charge in [0.25, 0.3) is 0 Å². The van der Waals surface area contributed by atoms with E-state index in [4.69, 9.17) is 5.11 Å². The first kappa shape index (κ1) is 12.1. The molecule has 1 aliphatic rings. The fraction of sp³-hybridized carbons (Fsp3) is 0.462. The van der Waals surface area contributed by atoms with Crippen molar-refractivity contribution in [2.24, 2.45) is 0 Å². The second-order valence-corrected chi connectivity index (χ2v) is 4.56. The van der Waals surface area contributed by atoms with E-state index >= 15 is 0 Å². The molecule has 4 nitrogen and oxygen atoms in total. The second kappa shape index (κ2) is 5.29. The summed E-state index contributed by atoms with van der Waals surface area (Å²) < 4.78 is 0. The van der Waals surface area contributed by atoms with E-state index in [9.17, 15) is 4.79 Å². The van der Waals surface area contributed by atoms with Crippen LogP contribution in [0.5, 0.6) is 0 Å². The van der Waals surface area contributed by atoms with Crippen LogP contribution in [0, 0.1) is 0 Å². The van der Waals surface area contributed by atoms with Crippen molar-refractivity contribution in [3.05, 3.63) is 35.9 Å². The topological polar surface area (TPSA) is 43.8 Å². The molecule has 1 saturated heterocycles. The van der Waals surface area contributed by atoms with E-state index in [2.05, 4.69) is 17.0 Å². The molecular formula is C13H18N2O2. The highest BCUT2D eigenvalue weighted by Gasteiger charge is 2.29. The number of piperazine rings is 1. The van der Waals surface area contributed by atoms with Crippen LogP contribution >= 0.6 is 0 Å². The van der Waals surface area contributed by atoms with Crippen molar-refractivity contribution < 1.29 is 9.90 Å². The Morgan fingerprint density at radius 1 is 1.35 bits per heavy atom. The molecule has 1 aromatic rings. The number of hydrogen-bond donors (Lipinski definition) is 1. The van der Waals surface area contributed by atoms with Crippen LogP contribution in [0.25, 0.3) is 0 Å². The number of aliphatic carboxylic acids is 1. The van der Waals surface area contributed by atoms with Gasteiger partial charge in [-0.2, -0.15) is 0 Å². The van der Waals surface area contributed by atoms with Gasteiger partial charge in [-0.25, -0.2) is 0 Å². The van der Waals surface area contributed by atoms with E-state index in [1.807, 2.05) is 30.1 Å². The molecule has 0 amide bonds. The van der Waals surface area contributed by atoms with Crippen LogP contribution < -0.4 is 0 Å². The first-order valence-corrected chi connectivity index (χ1v) is 5.86. The number of hydrogen-bond acceptors (Lipinski definition) is 3. The Labute approximate surface area is 101 Å². The summed E-state index contributed by atoms with van der Waals surface area (Å²) in [6.45, 7) is 3.16. The lowest BCUT2D eigenvalue weighted by Crippen LogP contribution is -2.54. The highest BCUT2D eigenvalue weighted by molar-refractivity contribution is 5.73. The average Bonchev–Trinajstić information content (AvgIpc) is 2.32. The normalized spacial score (nSPS) is 22.5. The minimum absolute atomic E-state index is 0.382. The van der Waals surface area contributed by atoms with E-state index in [0.717, 1.165) is 19.6 Å². The second-order valence-electron chi connectivity index (χ2n) is 4.56. The summed E-state index contributed by atoms with van der Waals surface area (Å²) in [6, 6.07) is 9.79. The van der Waals surface area contributed by atoms with Crippen molar-refractivity contribution in [1.29, 1.82) is 0 Å². The van der Waals surface area contributed by atoms with E-state index in [1.54, 1.807) is 0 Å². The van der Waals surface area contributed by atoms with Gasteiger partial charge in [-0.1, -0.05) is 30.3 Å². The summed E-state index contributed by atoms with van der Waals surface area (Å²) in [5, 5.41) is 9.12. The number of carboxylic acid groups (broad SMARTS) is 1. The van der Waals surface area contributed by atoms with Crippen LogP contribution in [0.3, 0.4) is 0 Å². The Bertz CT molecular complexity index is 380. The lowest BCUT2D eigenvalue weighted by molar-refractivity contribution is -0.145. The van der Waals surface area contributed by atoms with Crippen molar-refractivity contribution in [1.82, 2.24) is 9.80 Å². The van der Waals surface area contributed by atoms with Crippen molar-refractivity contribution in [2.75, 3.05) is 26.7 Å². The third-order valence-electron chi connectivity index (χ3n) is 3.27. The molecule has 0 aromatic heterocycles. The summed E-state index contributed by atoms with van der Waals surface area (Å²) in [5.41, 5.74) is 1.24. The van der Waals surface area contributed by atoms with Gasteiger partial charge in [-0.15, -0.1) is 0 Å². The van der Waals surface area contributed by atoms with Crippen LogP contribution in [-0.2, 0) is 11.3 Å². The molecule has 0 aliphatic carbocycles. The minimum Gasteiger partial charge on any atom is -0.480 e. The van der Waals surface area contributed by atoms with E-state index in [1.165, 1.54) is 5.56 Å². The summed E-state index contributed by atoms with van der Waals surface area (Å²) >= 11 is 0. The van der Waals surface area contributed by atoms with Gasteiger partial charge in [0.05, 0.1) is 0 Å². The molecule has 1 unspecified atom stereocenters. The molecule has 1 N–H and O–H groups in total. The van der Waals surface area contributed by atoms with Crippen LogP contribution in [0.1, 0.15) is 5.56 Å². The molecule has 4 heteroatoms. The number of carboxylic acids is 1. The number of carbonyl (C=O) groups is 1. The zero-order valence-corrected chi connectivity index (χ0v) is 10.0. The molecule has 1 atom stereocenters. The van der Waals surface area contributed by atoms with E-state index in [-0.39, 0.29) is 6.04 Å². The van der Waals surface area contributed by atoms with Gasteiger partial charge in [0.15, 0.2) is 0 Å². The Morgan fingerprint density at radius 2 is 2.06 bits per heavy atom. The summed E-state index contributed by atoms with van der Waals surface area (Å²) in [5.74, 6) is -0.731. The van der Waals surface area contributed by atoms with Crippen LogP contribution in [0.4, 0.5) is 0 Å². The largest absolute Gasteiger partial charge is 0.480 e. The Hall–Kier alpha value is -1.39. The molecule has 0 radical (unpaired) electrons. The minimum atomic E-state index is -0.731. The average molecular weight is 234 g/mol. The van der Waals surface area contributed by atoms with Crippen LogP contribution in [0.15, 0.2) is 30.3 Å². The number of benzene rings is 1. The molecule has 2 rings (SSSR count). The van der Waals surface area contributed by atoms with Crippen molar-refractivity contribution >= 4 is 5.97 Å². The highest BCUT2D eigenvalue weighted by atomic mass is 16.4. The lowest BCUT2D eigenvalue weighted by Gasteiger charge is -2.37. The maximum atomic E-state index is 11.1. The molecule has 92 valence electrons. The number of nitrogens with zero attached hydrogens (tertiary/aromatic N) is 2. The Morgan fingerprint density at radius 3 is 2.71 bits per heavy atom. The molecule has 17 heavy (non-hydrogen) atoms. The molecular weight excluding hydrogens is 216 g/mol. The Kier molecular flexibility index (Phi) is 3.76. The highest BCUT2D eigenvalue weighted by Crippen LogP contribution is 2.11. The van der Waals surface area contributed by atoms with Gasteiger partial charge >= 0.3 is 5.97 Å². The predicted molar refractivity (Wildman–Crippen MR) is 65.8 cm³/mol. The molecule has 1 aromatic carbocycles. The van der Waals surface area contributed by atoms with Crippen LogP contribution in [-0.4, -0.2) is 53.6 Å². The molecule has 1 fully saturated rings. The standard InChI is InChI=1S/C13H18N2O2/c1-14-7-8-15(10-12(14)13(16)17)9-11-5-3-2-4-6-11/h2-6,12H,7-10H2,1H3,(H,16,17). The molecule has 1 heterocycles. The fourth-order valence-electron chi connectivity index (χ4n) is 2.18. The monoisotopic (exact) mass is 234 g/mol. The summed E-state index contributed by atoms with van der Waals surface area (Å²) in [7, 11) is 1.87. The summed E-state index contributed by atoms with van der Waals surface area (Å²) in [6.07, 6.45) is 0. The first-order chi connectivity index (χ1) is 8.16. The maximum Gasteiger partial charge on any atom is 0.322 e. The van der Waals surface area contributed by atoms with Gasteiger partial charge in [0, 0.05) is 26.2 Å². The number of rotatable bonds is 3. The predicted octanol–water partition coefficient (Wildman–Crippen LogP) is 0.887. The molecule has 0 saturated carbocycles. The lowest BCUT2D eigenvalue weighted by atomic mass is 10.1. The first-order valence-electron chi connectivity index (χ1n) is 5.86. The van der Waals surface area contributed by atoms with Gasteiger partial charge < -0.3 is 5.11 Å². The van der Waals surface area contributed by atoms with Crippen molar-refractivity contribution in [2.45, 2.75) is 12.6 Å². The third kappa shape index (κ3) is 3.05. The van der Waals surface area contributed by atoms with Gasteiger partial charge in [-0.05, 0) is 12.6 Å². The van der Waals surface area contributed by atoms with Gasteiger partial charge in [-0.3, -0.25) is 14.6 Å². The van der Waals surface area contributed by atoms with E-state index < -0.39 is 5.97 Å². The molecule has 1 aliphatic heterocycles. The smallest absolute Gasteiger partial charge is 0.322 e. The van der Waals surface area contributed by atoms with E-state index in [0.29, 0.717) is 6.54 Å². The van der Waals surface area contributed by atoms with Gasteiger partial charge in [0.1, 0.15) is 6.04 Å². The maximum absolute atomic E-state index is 11.1.